The van der Waals surface area contributed by atoms with Gasteiger partial charge in [-0.2, -0.15) is 0 Å². The summed E-state index contributed by atoms with van der Waals surface area (Å²) in [5.41, 5.74) is 0.867. The largest absolute Gasteiger partial charge is 0.494 e. The zero-order chi connectivity index (χ0) is 20.7. The van der Waals surface area contributed by atoms with Crippen molar-refractivity contribution in [2.75, 3.05) is 17.7 Å². The number of benzene rings is 2. The molecule has 0 aromatic heterocycles. The van der Waals surface area contributed by atoms with E-state index < -0.39 is 10.8 Å². The number of nitro groups is 1. The lowest BCUT2D eigenvalue weighted by Crippen LogP contribution is -2.14. The fourth-order valence-corrected chi connectivity index (χ4v) is 2.85. The molecule has 0 aliphatic rings. The van der Waals surface area contributed by atoms with Crippen LogP contribution in [0.4, 0.5) is 17.1 Å². The van der Waals surface area contributed by atoms with Crippen LogP contribution in [0, 0.1) is 10.1 Å². The number of amides is 2. The molecular formula is C19H20BrN3O5. The molecule has 148 valence electrons. The average molecular weight is 450 g/mol. The van der Waals surface area contributed by atoms with E-state index in [0.717, 1.165) is 12.8 Å². The zero-order valence-electron chi connectivity index (χ0n) is 15.5. The Labute approximate surface area is 170 Å². The number of unbranched alkanes of at least 4 members (excludes halogenated alkanes) is 1. The standard InChI is InChI=1S/C19H20BrN3O5/c1-3-4-5-18(24)22-16-9-6-12(10-17(16)28-2)21-19(25)14-11-13(23(26)27)7-8-15(14)20/h6-11H,3-5H2,1-2H3,(H,21,25)(H,22,24). The number of hydrogen-bond acceptors (Lipinski definition) is 5. The Balaban J connectivity index is 2.18. The molecular weight excluding hydrogens is 430 g/mol. The number of halogens is 1. The van der Waals surface area contributed by atoms with Crippen molar-refractivity contribution in [2.45, 2.75) is 26.2 Å². The van der Waals surface area contributed by atoms with Crippen molar-refractivity contribution in [3.8, 4) is 5.75 Å². The van der Waals surface area contributed by atoms with Crippen molar-refractivity contribution in [3.63, 3.8) is 0 Å². The van der Waals surface area contributed by atoms with Crippen LogP contribution < -0.4 is 15.4 Å². The molecule has 2 aromatic rings. The number of ether oxygens (including phenoxy) is 1. The third-order valence-electron chi connectivity index (χ3n) is 3.90. The van der Waals surface area contributed by atoms with E-state index in [4.69, 9.17) is 4.74 Å². The molecule has 0 unspecified atom stereocenters. The highest BCUT2D eigenvalue weighted by atomic mass is 79.9. The molecule has 0 spiro atoms. The van der Waals surface area contributed by atoms with Gasteiger partial charge in [-0.3, -0.25) is 19.7 Å². The number of nitrogens with zero attached hydrogens (tertiary/aromatic N) is 1. The molecule has 2 amide bonds. The van der Waals surface area contributed by atoms with E-state index >= 15 is 0 Å². The molecule has 9 heteroatoms. The minimum absolute atomic E-state index is 0.113. The third-order valence-corrected chi connectivity index (χ3v) is 4.59. The van der Waals surface area contributed by atoms with Crippen molar-refractivity contribution < 1.29 is 19.2 Å². The summed E-state index contributed by atoms with van der Waals surface area (Å²) in [5.74, 6) is -0.240. The molecule has 2 N–H and O–H groups in total. The number of hydrogen-bond donors (Lipinski definition) is 2. The van der Waals surface area contributed by atoms with Gasteiger partial charge in [-0.25, -0.2) is 0 Å². The fraction of sp³-hybridized carbons (Fsp3) is 0.263. The second-order valence-corrected chi connectivity index (χ2v) is 6.80. The van der Waals surface area contributed by atoms with Gasteiger partial charge in [0.2, 0.25) is 5.91 Å². The second-order valence-electron chi connectivity index (χ2n) is 5.94. The number of anilines is 2. The van der Waals surface area contributed by atoms with Crippen molar-refractivity contribution in [3.05, 3.63) is 56.5 Å². The van der Waals surface area contributed by atoms with E-state index in [0.29, 0.717) is 28.0 Å². The maximum atomic E-state index is 12.5. The molecule has 0 aliphatic carbocycles. The molecule has 0 atom stereocenters. The van der Waals surface area contributed by atoms with E-state index in [1.165, 1.54) is 25.3 Å². The first-order chi connectivity index (χ1) is 13.3. The quantitative estimate of drug-likeness (QED) is 0.446. The highest BCUT2D eigenvalue weighted by Gasteiger charge is 2.16. The Morgan fingerprint density at radius 1 is 1.18 bits per heavy atom. The summed E-state index contributed by atoms with van der Waals surface area (Å²) >= 11 is 3.23. The summed E-state index contributed by atoms with van der Waals surface area (Å²) in [7, 11) is 1.46. The topological polar surface area (TPSA) is 111 Å². The van der Waals surface area contributed by atoms with Gasteiger partial charge < -0.3 is 15.4 Å². The maximum absolute atomic E-state index is 12.5. The average Bonchev–Trinajstić information content (AvgIpc) is 2.67. The molecule has 0 bridgehead atoms. The predicted molar refractivity (Wildman–Crippen MR) is 110 cm³/mol. The van der Waals surface area contributed by atoms with Crippen molar-refractivity contribution in [1.82, 2.24) is 0 Å². The minimum Gasteiger partial charge on any atom is -0.494 e. The van der Waals surface area contributed by atoms with Crippen LogP contribution in [0.5, 0.6) is 5.75 Å². The zero-order valence-corrected chi connectivity index (χ0v) is 17.0. The van der Waals surface area contributed by atoms with Gasteiger partial charge in [0.25, 0.3) is 11.6 Å². The van der Waals surface area contributed by atoms with Crippen molar-refractivity contribution in [2.24, 2.45) is 0 Å². The summed E-state index contributed by atoms with van der Waals surface area (Å²) in [5, 5.41) is 16.4. The predicted octanol–water partition coefficient (Wildman–Crippen LogP) is 4.75. The number of rotatable bonds is 8. The lowest BCUT2D eigenvalue weighted by molar-refractivity contribution is -0.384. The van der Waals surface area contributed by atoms with E-state index in [-0.39, 0.29) is 17.2 Å². The monoisotopic (exact) mass is 449 g/mol. The number of non-ortho nitro benzene ring substituents is 1. The molecule has 2 aromatic carbocycles. The first kappa shape index (κ1) is 21.4. The number of methoxy groups -OCH3 is 1. The lowest BCUT2D eigenvalue weighted by Gasteiger charge is -2.13. The van der Waals surface area contributed by atoms with Crippen LogP contribution in [0.1, 0.15) is 36.5 Å². The van der Waals surface area contributed by atoms with Gasteiger partial charge in [-0.05, 0) is 40.5 Å². The number of carbonyl (C=O) groups excluding carboxylic acids is 2. The highest BCUT2D eigenvalue weighted by molar-refractivity contribution is 9.10. The molecule has 0 aliphatic heterocycles. The minimum atomic E-state index is -0.567. The molecule has 8 nitrogen and oxygen atoms in total. The van der Waals surface area contributed by atoms with Gasteiger partial charge in [0.1, 0.15) is 5.75 Å². The summed E-state index contributed by atoms with van der Waals surface area (Å²) < 4.78 is 5.72. The maximum Gasteiger partial charge on any atom is 0.270 e. The number of nitro benzene ring substituents is 1. The van der Waals surface area contributed by atoms with E-state index in [1.54, 1.807) is 18.2 Å². The molecule has 0 fully saturated rings. The molecule has 28 heavy (non-hydrogen) atoms. The normalized spacial score (nSPS) is 10.2. The number of carbonyl (C=O) groups is 2. The first-order valence-electron chi connectivity index (χ1n) is 8.59. The fourth-order valence-electron chi connectivity index (χ4n) is 2.42. The Kier molecular flexibility index (Phi) is 7.51. The Bertz CT molecular complexity index is 901. The van der Waals surface area contributed by atoms with Crippen LogP contribution in [0.3, 0.4) is 0 Å². The van der Waals surface area contributed by atoms with Crippen LogP contribution in [0.25, 0.3) is 0 Å². The first-order valence-corrected chi connectivity index (χ1v) is 9.38. The SMILES string of the molecule is CCCCC(=O)Nc1ccc(NC(=O)c2cc([N+](=O)[O-])ccc2Br)cc1OC. The van der Waals surface area contributed by atoms with Crippen molar-refractivity contribution in [1.29, 1.82) is 0 Å². The van der Waals surface area contributed by atoms with Gasteiger partial charge in [0, 0.05) is 34.8 Å². The summed E-state index contributed by atoms with van der Waals surface area (Å²) in [6.45, 7) is 2.01. The van der Waals surface area contributed by atoms with E-state index in [1.807, 2.05) is 6.92 Å². The Morgan fingerprint density at radius 2 is 1.93 bits per heavy atom. The van der Waals surface area contributed by atoms with Crippen LogP contribution >= 0.6 is 15.9 Å². The van der Waals surface area contributed by atoms with Crippen LogP contribution in [-0.2, 0) is 4.79 Å². The highest BCUT2D eigenvalue weighted by Crippen LogP contribution is 2.29. The molecule has 0 radical (unpaired) electrons. The Hall–Kier alpha value is -2.94. The molecule has 2 rings (SSSR count). The van der Waals surface area contributed by atoms with Gasteiger partial charge >= 0.3 is 0 Å². The van der Waals surface area contributed by atoms with Gasteiger partial charge in [-0.15, -0.1) is 0 Å². The van der Waals surface area contributed by atoms with Gasteiger partial charge in [-0.1, -0.05) is 13.3 Å². The van der Waals surface area contributed by atoms with Crippen LogP contribution in [0.2, 0.25) is 0 Å². The number of nitrogens with one attached hydrogen (secondary N) is 2. The lowest BCUT2D eigenvalue weighted by atomic mass is 10.1. The van der Waals surface area contributed by atoms with Crippen molar-refractivity contribution >= 4 is 44.8 Å². The summed E-state index contributed by atoms with van der Waals surface area (Å²) in [6.07, 6.45) is 2.13. The third kappa shape index (κ3) is 5.53. The molecule has 0 saturated carbocycles. The molecule has 0 heterocycles. The second kappa shape index (κ2) is 9.84. The van der Waals surface area contributed by atoms with E-state index in [2.05, 4.69) is 26.6 Å². The van der Waals surface area contributed by atoms with E-state index in [9.17, 15) is 19.7 Å². The van der Waals surface area contributed by atoms with Gasteiger partial charge in [0.05, 0.1) is 23.3 Å². The van der Waals surface area contributed by atoms with Crippen LogP contribution in [-0.4, -0.2) is 23.8 Å². The molecule has 0 saturated heterocycles. The Morgan fingerprint density at radius 3 is 2.57 bits per heavy atom. The van der Waals surface area contributed by atoms with Gasteiger partial charge in [0.15, 0.2) is 0 Å². The summed E-state index contributed by atoms with van der Waals surface area (Å²) in [4.78, 5) is 34.8. The van der Waals surface area contributed by atoms with Crippen LogP contribution in [0.15, 0.2) is 40.9 Å². The smallest absolute Gasteiger partial charge is 0.270 e. The summed E-state index contributed by atoms with van der Waals surface area (Å²) in [6, 6.07) is 8.75.